The number of hydrogen-bond acceptors (Lipinski definition) is 5. The Morgan fingerprint density at radius 1 is 1.28 bits per heavy atom. The Balaban J connectivity index is 2.48. The standard InChI is InChI=1S/C19H26N2O4/c1-5-13-9-12(3)10-14(6-2)16(13)20-17-15(19(24)25-4)11-21(7-8-22)18(17)23/h9-10,20,22H,5-8,11H2,1-4H3. The molecule has 0 fully saturated rings. The average Bonchev–Trinajstić information content (AvgIpc) is 2.91. The maximum Gasteiger partial charge on any atom is 0.337 e. The number of aliphatic hydroxyl groups is 1. The second kappa shape index (κ2) is 8.16. The van der Waals surface area contributed by atoms with Crippen molar-refractivity contribution in [1.82, 2.24) is 4.90 Å². The zero-order valence-corrected chi connectivity index (χ0v) is 15.3. The third-order valence-electron chi connectivity index (χ3n) is 4.41. The number of aryl methyl sites for hydroxylation is 3. The number of carbonyl (C=O) groups is 2. The Morgan fingerprint density at radius 3 is 2.36 bits per heavy atom. The van der Waals surface area contributed by atoms with Crippen molar-refractivity contribution in [1.29, 1.82) is 0 Å². The molecule has 6 heteroatoms. The van der Waals surface area contributed by atoms with E-state index in [4.69, 9.17) is 9.84 Å². The molecule has 25 heavy (non-hydrogen) atoms. The summed E-state index contributed by atoms with van der Waals surface area (Å²) in [6.45, 7) is 6.33. The molecule has 1 amide bonds. The van der Waals surface area contributed by atoms with E-state index in [1.165, 1.54) is 17.6 Å². The van der Waals surface area contributed by atoms with Crippen molar-refractivity contribution < 1.29 is 19.4 Å². The maximum absolute atomic E-state index is 12.7. The van der Waals surface area contributed by atoms with Gasteiger partial charge in [-0.05, 0) is 30.9 Å². The van der Waals surface area contributed by atoms with E-state index in [1.807, 2.05) is 6.92 Å². The Morgan fingerprint density at radius 2 is 1.88 bits per heavy atom. The van der Waals surface area contributed by atoms with Crippen LogP contribution in [-0.2, 0) is 27.2 Å². The average molecular weight is 346 g/mol. The van der Waals surface area contributed by atoms with Gasteiger partial charge in [-0.1, -0.05) is 31.5 Å². The molecule has 1 aliphatic heterocycles. The molecular formula is C19H26N2O4. The lowest BCUT2D eigenvalue weighted by molar-refractivity contribution is -0.136. The van der Waals surface area contributed by atoms with Crippen molar-refractivity contribution >= 4 is 17.6 Å². The number of amides is 1. The highest BCUT2D eigenvalue weighted by atomic mass is 16.5. The number of methoxy groups -OCH3 is 1. The van der Waals surface area contributed by atoms with Gasteiger partial charge in [0.05, 0.1) is 25.8 Å². The summed E-state index contributed by atoms with van der Waals surface area (Å²) in [5.41, 5.74) is 4.79. The van der Waals surface area contributed by atoms with Gasteiger partial charge in [-0.25, -0.2) is 4.79 Å². The molecule has 0 spiro atoms. The van der Waals surface area contributed by atoms with E-state index in [9.17, 15) is 9.59 Å². The van der Waals surface area contributed by atoms with Crippen LogP contribution in [0.15, 0.2) is 23.4 Å². The van der Waals surface area contributed by atoms with Gasteiger partial charge in [-0.3, -0.25) is 4.79 Å². The SMILES string of the molecule is CCc1cc(C)cc(CC)c1NC1=C(C(=O)OC)CN(CCO)C1=O. The van der Waals surface area contributed by atoms with E-state index in [-0.39, 0.29) is 31.3 Å². The largest absolute Gasteiger partial charge is 0.466 e. The zero-order chi connectivity index (χ0) is 18.6. The molecule has 0 saturated heterocycles. The first kappa shape index (κ1) is 19.0. The van der Waals surface area contributed by atoms with Crippen LogP contribution in [-0.4, -0.2) is 48.7 Å². The van der Waals surface area contributed by atoms with Crippen LogP contribution in [0.1, 0.15) is 30.5 Å². The van der Waals surface area contributed by atoms with Gasteiger partial charge in [0.15, 0.2) is 0 Å². The van der Waals surface area contributed by atoms with Crippen molar-refractivity contribution in [3.8, 4) is 0 Å². The minimum absolute atomic E-state index is 0.142. The van der Waals surface area contributed by atoms with Crippen molar-refractivity contribution in [3.05, 3.63) is 40.1 Å². The lowest BCUT2D eigenvalue weighted by atomic mass is 9.99. The number of benzene rings is 1. The summed E-state index contributed by atoms with van der Waals surface area (Å²) in [6.07, 6.45) is 1.62. The molecule has 1 aromatic carbocycles. The topological polar surface area (TPSA) is 78.9 Å². The van der Waals surface area contributed by atoms with Crippen LogP contribution in [0.5, 0.6) is 0 Å². The first-order valence-corrected chi connectivity index (χ1v) is 8.57. The van der Waals surface area contributed by atoms with Gasteiger partial charge >= 0.3 is 5.97 Å². The van der Waals surface area contributed by atoms with Crippen molar-refractivity contribution in [2.75, 3.05) is 32.1 Å². The summed E-state index contributed by atoms with van der Waals surface area (Å²) in [5, 5.41) is 12.4. The molecule has 136 valence electrons. The van der Waals surface area contributed by atoms with E-state index in [1.54, 1.807) is 0 Å². The van der Waals surface area contributed by atoms with E-state index >= 15 is 0 Å². The molecule has 0 bridgehead atoms. The quantitative estimate of drug-likeness (QED) is 0.736. The number of carbonyl (C=O) groups excluding carboxylic acids is 2. The summed E-state index contributed by atoms with van der Waals surface area (Å²) >= 11 is 0. The molecule has 0 aliphatic carbocycles. The van der Waals surface area contributed by atoms with E-state index in [2.05, 4.69) is 31.3 Å². The summed E-state index contributed by atoms with van der Waals surface area (Å²) in [6, 6.07) is 4.18. The molecule has 0 aromatic heterocycles. The number of ether oxygens (including phenoxy) is 1. The van der Waals surface area contributed by atoms with Crippen molar-refractivity contribution in [2.24, 2.45) is 0 Å². The number of nitrogens with zero attached hydrogens (tertiary/aromatic N) is 1. The number of anilines is 1. The summed E-state index contributed by atoms with van der Waals surface area (Å²) in [7, 11) is 1.30. The number of hydrogen-bond donors (Lipinski definition) is 2. The molecule has 2 N–H and O–H groups in total. The normalized spacial score (nSPS) is 14.3. The van der Waals surface area contributed by atoms with Gasteiger partial charge in [0, 0.05) is 12.2 Å². The van der Waals surface area contributed by atoms with Gasteiger partial charge in [0.1, 0.15) is 5.70 Å². The molecule has 1 aliphatic rings. The van der Waals surface area contributed by atoms with Crippen molar-refractivity contribution in [3.63, 3.8) is 0 Å². The van der Waals surface area contributed by atoms with Crippen LogP contribution in [0.3, 0.4) is 0 Å². The molecule has 2 rings (SSSR count). The van der Waals surface area contributed by atoms with E-state index < -0.39 is 5.97 Å². The highest BCUT2D eigenvalue weighted by Gasteiger charge is 2.34. The van der Waals surface area contributed by atoms with Gasteiger partial charge in [0.2, 0.25) is 0 Å². The second-order valence-corrected chi connectivity index (χ2v) is 6.09. The molecule has 1 aromatic rings. The number of esters is 1. The van der Waals surface area contributed by atoms with Gasteiger partial charge in [-0.2, -0.15) is 0 Å². The number of nitrogens with one attached hydrogen (secondary N) is 1. The summed E-state index contributed by atoms with van der Waals surface area (Å²) in [5.74, 6) is -0.821. The molecule has 0 unspecified atom stereocenters. The van der Waals surface area contributed by atoms with Crippen LogP contribution in [0.4, 0.5) is 5.69 Å². The first-order chi connectivity index (χ1) is 12.0. The smallest absolute Gasteiger partial charge is 0.337 e. The Kier molecular flexibility index (Phi) is 6.20. The fraction of sp³-hybridized carbons (Fsp3) is 0.474. The first-order valence-electron chi connectivity index (χ1n) is 8.57. The predicted molar refractivity (Wildman–Crippen MR) is 96.3 cm³/mol. The zero-order valence-electron chi connectivity index (χ0n) is 15.3. The Labute approximate surface area is 148 Å². The van der Waals surface area contributed by atoms with Crippen LogP contribution < -0.4 is 5.32 Å². The summed E-state index contributed by atoms with van der Waals surface area (Å²) < 4.78 is 4.83. The lowest BCUT2D eigenvalue weighted by Gasteiger charge is -2.18. The van der Waals surface area contributed by atoms with E-state index in [0.717, 1.165) is 29.7 Å². The second-order valence-electron chi connectivity index (χ2n) is 6.09. The van der Waals surface area contributed by atoms with Crippen LogP contribution in [0.2, 0.25) is 0 Å². The number of aliphatic hydroxyl groups excluding tert-OH is 1. The number of rotatable bonds is 7. The van der Waals surface area contributed by atoms with Crippen LogP contribution in [0.25, 0.3) is 0 Å². The fourth-order valence-electron chi connectivity index (χ4n) is 3.13. The third-order valence-corrected chi connectivity index (χ3v) is 4.41. The van der Waals surface area contributed by atoms with E-state index in [0.29, 0.717) is 5.57 Å². The Bertz CT molecular complexity index is 684. The molecule has 6 nitrogen and oxygen atoms in total. The van der Waals surface area contributed by atoms with Crippen LogP contribution >= 0.6 is 0 Å². The lowest BCUT2D eigenvalue weighted by Crippen LogP contribution is -2.31. The molecule has 1 heterocycles. The maximum atomic E-state index is 12.7. The van der Waals surface area contributed by atoms with Gasteiger partial charge in [-0.15, -0.1) is 0 Å². The molecule has 0 radical (unpaired) electrons. The minimum atomic E-state index is -0.528. The molecule has 0 atom stereocenters. The predicted octanol–water partition coefficient (Wildman–Crippen LogP) is 1.79. The molecular weight excluding hydrogens is 320 g/mol. The highest BCUT2D eigenvalue weighted by Crippen LogP contribution is 2.29. The third kappa shape index (κ3) is 3.85. The fourth-order valence-corrected chi connectivity index (χ4v) is 3.13. The monoisotopic (exact) mass is 346 g/mol. The Hall–Kier alpha value is -2.34. The van der Waals surface area contributed by atoms with Gasteiger partial charge in [0.25, 0.3) is 5.91 Å². The molecule has 0 saturated carbocycles. The van der Waals surface area contributed by atoms with Crippen LogP contribution in [0, 0.1) is 6.92 Å². The number of β-amino-alcohol motifs (C(OH)–C–C–N with tert-alkyl or cyclic N) is 1. The van der Waals surface area contributed by atoms with Crippen molar-refractivity contribution in [2.45, 2.75) is 33.6 Å². The highest BCUT2D eigenvalue weighted by molar-refractivity contribution is 6.08. The van der Waals surface area contributed by atoms with Gasteiger partial charge < -0.3 is 20.1 Å². The summed E-state index contributed by atoms with van der Waals surface area (Å²) in [4.78, 5) is 26.2. The minimum Gasteiger partial charge on any atom is -0.466 e.